The maximum atomic E-state index is 13.1. The number of hydrogen-bond acceptors (Lipinski definition) is 5. The number of nitrogens with one attached hydrogen (secondary N) is 1. The fourth-order valence-corrected chi connectivity index (χ4v) is 3.13. The minimum atomic E-state index is -0.487. The van der Waals surface area contributed by atoms with Gasteiger partial charge in [0, 0.05) is 0 Å². The fourth-order valence-electron chi connectivity index (χ4n) is 2.91. The summed E-state index contributed by atoms with van der Waals surface area (Å²) >= 11 is 5.93. The van der Waals surface area contributed by atoms with Crippen molar-refractivity contribution in [2.75, 3.05) is 5.32 Å². The quantitative estimate of drug-likeness (QED) is 0.444. The van der Waals surface area contributed by atoms with E-state index >= 15 is 0 Å². The summed E-state index contributed by atoms with van der Waals surface area (Å²) in [7, 11) is 0. The van der Waals surface area contributed by atoms with Crippen LogP contribution >= 0.6 is 11.6 Å². The van der Waals surface area contributed by atoms with Crippen molar-refractivity contribution in [1.29, 1.82) is 0 Å². The molecule has 0 aliphatic heterocycles. The van der Waals surface area contributed by atoms with Crippen molar-refractivity contribution in [2.45, 2.75) is 20.1 Å². The van der Waals surface area contributed by atoms with Gasteiger partial charge in [-0.3, -0.25) is 10.1 Å². The predicted molar refractivity (Wildman–Crippen MR) is 113 cm³/mol. The summed E-state index contributed by atoms with van der Waals surface area (Å²) in [6.07, 6.45) is 1.55. The van der Waals surface area contributed by atoms with Gasteiger partial charge in [-0.1, -0.05) is 41.4 Å². The van der Waals surface area contributed by atoms with Gasteiger partial charge in [0.2, 0.25) is 5.95 Å². The van der Waals surface area contributed by atoms with Crippen molar-refractivity contribution in [1.82, 2.24) is 14.8 Å². The first kappa shape index (κ1) is 20.6. The number of nitrogens with zero attached hydrogens (tertiary/aromatic N) is 3. The van der Waals surface area contributed by atoms with Crippen LogP contribution in [0.2, 0.25) is 5.02 Å². The molecule has 7 nitrogen and oxygen atoms in total. The van der Waals surface area contributed by atoms with E-state index in [2.05, 4.69) is 21.5 Å². The van der Waals surface area contributed by atoms with Crippen LogP contribution in [0.4, 0.5) is 10.3 Å². The normalized spacial score (nSPS) is 10.8. The molecule has 1 N–H and O–H groups in total. The Hall–Kier alpha value is -3.65. The third-order valence-electron chi connectivity index (χ3n) is 4.34. The monoisotopic (exact) mass is 440 g/mol. The lowest BCUT2D eigenvalue weighted by atomic mass is 10.1. The summed E-state index contributed by atoms with van der Waals surface area (Å²) in [5, 5.41) is 7.01. The average Bonchev–Trinajstić information content (AvgIpc) is 3.37. The van der Waals surface area contributed by atoms with Gasteiger partial charge in [-0.25, -0.2) is 14.1 Å². The zero-order valence-corrected chi connectivity index (χ0v) is 17.3. The number of halogens is 2. The summed E-state index contributed by atoms with van der Waals surface area (Å²) in [4.78, 5) is 16.5. The number of furan rings is 1. The van der Waals surface area contributed by atoms with Crippen LogP contribution in [0.5, 0.6) is 5.75 Å². The first-order chi connectivity index (χ1) is 15.0. The Balaban J connectivity index is 1.34. The van der Waals surface area contributed by atoms with Gasteiger partial charge in [-0.2, -0.15) is 0 Å². The zero-order valence-electron chi connectivity index (χ0n) is 16.5. The highest BCUT2D eigenvalue weighted by atomic mass is 35.5. The molecular weight excluding hydrogens is 423 g/mol. The van der Waals surface area contributed by atoms with Crippen molar-refractivity contribution in [3.05, 3.63) is 94.4 Å². The van der Waals surface area contributed by atoms with Crippen LogP contribution < -0.4 is 10.1 Å². The lowest BCUT2D eigenvalue weighted by Crippen LogP contribution is -2.12. The number of aryl methyl sites for hydroxylation is 1. The first-order valence-corrected chi connectivity index (χ1v) is 9.77. The van der Waals surface area contributed by atoms with Crippen LogP contribution in [-0.2, 0) is 13.2 Å². The molecule has 31 heavy (non-hydrogen) atoms. The van der Waals surface area contributed by atoms with Crippen LogP contribution in [0.25, 0.3) is 0 Å². The molecule has 4 rings (SSSR count). The number of hydrogen-bond donors (Lipinski definition) is 1. The van der Waals surface area contributed by atoms with Crippen molar-refractivity contribution < 1.29 is 18.3 Å². The SMILES string of the molecule is Cc1cccc(Cn2cnc(NC(=O)c3ccc(COc4ccc(F)cc4Cl)o3)n2)c1. The Labute approximate surface area is 182 Å². The third-order valence-corrected chi connectivity index (χ3v) is 4.63. The van der Waals surface area contributed by atoms with Gasteiger partial charge in [-0.05, 0) is 42.8 Å². The van der Waals surface area contributed by atoms with Crippen molar-refractivity contribution >= 4 is 23.5 Å². The molecule has 0 fully saturated rings. The topological polar surface area (TPSA) is 82.2 Å². The first-order valence-electron chi connectivity index (χ1n) is 9.39. The molecule has 158 valence electrons. The highest BCUT2D eigenvalue weighted by molar-refractivity contribution is 6.32. The van der Waals surface area contributed by atoms with Crippen molar-refractivity contribution in [3.63, 3.8) is 0 Å². The van der Waals surface area contributed by atoms with Crippen LogP contribution in [0.1, 0.15) is 27.4 Å². The highest BCUT2D eigenvalue weighted by Crippen LogP contribution is 2.26. The molecule has 2 aromatic carbocycles. The molecular formula is C22H18ClFN4O3. The van der Waals surface area contributed by atoms with Crippen LogP contribution in [-0.4, -0.2) is 20.7 Å². The number of benzene rings is 2. The lowest BCUT2D eigenvalue weighted by Gasteiger charge is -2.06. The Bertz CT molecular complexity index is 1220. The number of ether oxygens (including phenoxy) is 1. The molecule has 0 saturated carbocycles. The molecule has 0 radical (unpaired) electrons. The Morgan fingerprint density at radius 3 is 2.90 bits per heavy atom. The summed E-state index contributed by atoms with van der Waals surface area (Å²) in [6.45, 7) is 2.59. The Morgan fingerprint density at radius 1 is 1.23 bits per heavy atom. The molecule has 2 aromatic heterocycles. The molecule has 0 aliphatic rings. The van der Waals surface area contributed by atoms with E-state index in [4.69, 9.17) is 20.8 Å². The molecule has 1 amide bonds. The van der Waals surface area contributed by atoms with E-state index in [9.17, 15) is 9.18 Å². The van der Waals surface area contributed by atoms with Gasteiger partial charge in [0.05, 0.1) is 11.6 Å². The number of amides is 1. The second kappa shape index (κ2) is 9.01. The fraction of sp³-hybridized carbons (Fsp3) is 0.136. The van der Waals surface area contributed by atoms with E-state index in [-0.39, 0.29) is 23.3 Å². The molecule has 2 heterocycles. The molecule has 0 bridgehead atoms. The smallest absolute Gasteiger partial charge is 0.293 e. The molecule has 0 aliphatic carbocycles. The average molecular weight is 441 g/mol. The number of aromatic nitrogens is 3. The van der Waals surface area contributed by atoms with E-state index in [1.54, 1.807) is 17.1 Å². The largest absolute Gasteiger partial charge is 0.484 e. The minimum absolute atomic E-state index is 0.0298. The summed E-state index contributed by atoms with van der Waals surface area (Å²) in [6, 6.07) is 15.0. The van der Waals surface area contributed by atoms with Crippen molar-refractivity contribution in [2.24, 2.45) is 0 Å². The second-order valence-corrected chi connectivity index (χ2v) is 7.25. The summed E-state index contributed by atoms with van der Waals surface area (Å²) < 4.78 is 25.7. The molecule has 0 atom stereocenters. The van der Waals surface area contributed by atoms with Crippen molar-refractivity contribution in [3.8, 4) is 5.75 Å². The number of anilines is 1. The van der Waals surface area contributed by atoms with E-state index in [1.807, 2.05) is 25.1 Å². The number of carbonyl (C=O) groups is 1. The van der Waals surface area contributed by atoms with Crippen LogP contribution in [0, 0.1) is 12.7 Å². The Kier molecular flexibility index (Phi) is 5.99. The number of rotatable bonds is 7. The standard InChI is InChI=1S/C22H18ClFN4O3/c1-14-3-2-4-15(9-14)11-28-13-25-22(27-28)26-21(29)20-8-6-17(31-20)12-30-19-7-5-16(24)10-18(19)23/h2-10,13H,11-12H2,1H3,(H,26,27,29). The Morgan fingerprint density at radius 2 is 2.10 bits per heavy atom. The van der Waals surface area contributed by atoms with Gasteiger partial charge < -0.3 is 9.15 Å². The minimum Gasteiger partial charge on any atom is -0.484 e. The van der Waals surface area contributed by atoms with Gasteiger partial charge in [-0.15, -0.1) is 5.10 Å². The van der Waals surface area contributed by atoms with E-state index in [0.29, 0.717) is 18.1 Å². The number of carbonyl (C=O) groups excluding carboxylic acids is 1. The highest BCUT2D eigenvalue weighted by Gasteiger charge is 2.14. The molecule has 4 aromatic rings. The lowest BCUT2D eigenvalue weighted by molar-refractivity contribution is 0.0991. The third kappa shape index (κ3) is 5.29. The zero-order chi connectivity index (χ0) is 21.8. The van der Waals surface area contributed by atoms with Gasteiger partial charge >= 0.3 is 0 Å². The maximum Gasteiger partial charge on any atom is 0.293 e. The molecule has 0 saturated heterocycles. The van der Waals surface area contributed by atoms with Gasteiger partial charge in [0.25, 0.3) is 5.91 Å². The van der Waals surface area contributed by atoms with Gasteiger partial charge in [0.1, 0.15) is 30.3 Å². The maximum absolute atomic E-state index is 13.1. The summed E-state index contributed by atoms with van der Waals surface area (Å²) in [5.74, 6) is 0.0321. The molecule has 9 heteroatoms. The van der Waals surface area contributed by atoms with E-state index in [1.165, 1.54) is 18.2 Å². The molecule has 0 unspecified atom stereocenters. The van der Waals surface area contributed by atoms with E-state index in [0.717, 1.165) is 17.2 Å². The van der Waals surface area contributed by atoms with Crippen LogP contribution in [0.15, 0.2) is 65.3 Å². The van der Waals surface area contributed by atoms with Crippen LogP contribution in [0.3, 0.4) is 0 Å². The van der Waals surface area contributed by atoms with E-state index < -0.39 is 11.7 Å². The predicted octanol–water partition coefficient (Wildman–Crippen LogP) is 4.85. The van der Waals surface area contributed by atoms with Gasteiger partial charge in [0.15, 0.2) is 5.76 Å². The second-order valence-electron chi connectivity index (χ2n) is 6.84. The summed E-state index contributed by atoms with van der Waals surface area (Å²) in [5.41, 5.74) is 2.24. The molecule has 0 spiro atoms.